The summed E-state index contributed by atoms with van der Waals surface area (Å²) in [6, 6.07) is 0. The average molecular weight is 220 g/mol. The summed E-state index contributed by atoms with van der Waals surface area (Å²) in [6.45, 7) is 5.51. The van der Waals surface area contributed by atoms with Crippen molar-refractivity contribution in [1.82, 2.24) is 4.90 Å². The third-order valence-electron chi connectivity index (χ3n) is 2.95. The molecule has 0 aromatic carbocycles. The smallest absolute Gasteiger partial charge is 0.122 e. The molecule has 1 heterocycles. The van der Waals surface area contributed by atoms with E-state index in [0.29, 0.717) is 5.92 Å². The van der Waals surface area contributed by atoms with Gasteiger partial charge in [-0.1, -0.05) is 11.6 Å². The number of halogens is 2. The fourth-order valence-electron chi connectivity index (χ4n) is 1.76. The van der Waals surface area contributed by atoms with Crippen LogP contribution in [0.2, 0.25) is 0 Å². The summed E-state index contributed by atoms with van der Waals surface area (Å²) >= 11 is 12.0. The Morgan fingerprint density at radius 2 is 2.31 bits per heavy atom. The fourth-order valence-corrected chi connectivity index (χ4v) is 2.27. The zero-order chi connectivity index (χ0) is 9.47. The molecule has 0 saturated heterocycles. The SMILES string of the molecule is CC1=CCN(CC2CC2(Cl)Cl)CC1. The van der Waals surface area contributed by atoms with Gasteiger partial charge in [-0.3, -0.25) is 4.90 Å². The molecule has 1 aliphatic carbocycles. The lowest BCUT2D eigenvalue weighted by Gasteiger charge is -2.25. The highest BCUT2D eigenvalue weighted by Crippen LogP contribution is 2.53. The van der Waals surface area contributed by atoms with Crippen molar-refractivity contribution in [2.45, 2.75) is 24.1 Å². The van der Waals surface area contributed by atoms with Crippen LogP contribution in [0, 0.1) is 5.92 Å². The fraction of sp³-hybridized carbons (Fsp3) is 0.800. The first-order chi connectivity index (χ1) is 6.08. The quantitative estimate of drug-likeness (QED) is 0.511. The van der Waals surface area contributed by atoms with Gasteiger partial charge in [0.2, 0.25) is 0 Å². The Morgan fingerprint density at radius 1 is 1.62 bits per heavy atom. The molecule has 0 spiro atoms. The molecule has 1 saturated carbocycles. The minimum absolute atomic E-state index is 0.407. The normalized spacial score (nSPS) is 32.8. The maximum atomic E-state index is 5.98. The highest BCUT2D eigenvalue weighted by molar-refractivity contribution is 6.50. The van der Waals surface area contributed by atoms with E-state index in [-0.39, 0.29) is 0 Å². The van der Waals surface area contributed by atoms with Gasteiger partial charge in [-0.2, -0.15) is 0 Å². The van der Waals surface area contributed by atoms with E-state index in [2.05, 4.69) is 17.9 Å². The molecular formula is C10H15Cl2N. The van der Waals surface area contributed by atoms with Crippen LogP contribution in [0.1, 0.15) is 19.8 Å². The van der Waals surface area contributed by atoms with E-state index in [1.807, 2.05) is 0 Å². The lowest BCUT2D eigenvalue weighted by Crippen LogP contribution is -2.31. The molecule has 2 rings (SSSR count). The van der Waals surface area contributed by atoms with Gasteiger partial charge in [-0.05, 0) is 19.8 Å². The van der Waals surface area contributed by atoms with Gasteiger partial charge >= 0.3 is 0 Å². The van der Waals surface area contributed by atoms with Crippen LogP contribution in [0.5, 0.6) is 0 Å². The standard InChI is InChI=1S/C10H15Cl2N/c1-8-2-4-13(5-3-8)7-9-6-10(9,11)12/h2,9H,3-7H2,1H3. The molecule has 1 atom stereocenters. The second-order valence-corrected chi connectivity index (χ2v) is 5.76. The molecule has 3 heteroatoms. The van der Waals surface area contributed by atoms with Gasteiger partial charge in [0.1, 0.15) is 4.33 Å². The van der Waals surface area contributed by atoms with Crippen molar-refractivity contribution in [1.29, 1.82) is 0 Å². The Kier molecular flexibility index (Phi) is 2.61. The Balaban J connectivity index is 1.79. The van der Waals surface area contributed by atoms with Gasteiger partial charge in [-0.25, -0.2) is 0 Å². The summed E-state index contributed by atoms with van der Waals surface area (Å²) < 4.78 is -0.407. The molecule has 2 aliphatic rings. The van der Waals surface area contributed by atoms with Crippen LogP contribution >= 0.6 is 23.2 Å². The van der Waals surface area contributed by atoms with Crippen LogP contribution in [0.15, 0.2) is 11.6 Å². The number of nitrogens with zero attached hydrogens (tertiary/aromatic N) is 1. The van der Waals surface area contributed by atoms with Crippen LogP contribution < -0.4 is 0 Å². The molecule has 0 N–H and O–H groups in total. The maximum absolute atomic E-state index is 5.98. The summed E-state index contributed by atoms with van der Waals surface area (Å²) in [5.74, 6) is 0.502. The summed E-state index contributed by atoms with van der Waals surface area (Å²) in [5, 5.41) is 0. The predicted octanol–water partition coefficient (Wildman–Crippen LogP) is 2.83. The van der Waals surface area contributed by atoms with Crippen molar-refractivity contribution in [3.63, 3.8) is 0 Å². The Labute approximate surface area is 89.7 Å². The minimum Gasteiger partial charge on any atom is -0.299 e. The molecule has 1 aliphatic heterocycles. The first kappa shape index (κ1) is 9.82. The Hall–Kier alpha value is 0.280. The van der Waals surface area contributed by atoms with Gasteiger partial charge < -0.3 is 0 Å². The largest absolute Gasteiger partial charge is 0.299 e. The van der Waals surface area contributed by atoms with Gasteiger partial charge in [0.25, 0.3) is 0 Å². The van der Waals surface area contributed by atoms with Gasteiger partial charge in [0.05, 0.1) is 0 Å². The highest BCUT2D eigenvalue weighted by Gasteiger charge is 2.51. The third kappa shape index (κ3) is 2.39. The Bertz CT molecular complexity index is 235. The second kappa shape index (κ2) is 3.45. The summed E-state index contributed by atoms with van der Waals surface area (Å²) in [7, 11) is 0. The van der Waals surface area contributed by atoms with E-state index in [9.17, 15) is 0 Å². The van der Waals surface area contributed by atoms with Crippen molar-refractivity contribution in [3.05, 3.63) is 11.6 Å². The van der Waals surface area contributed by atoms with Crippen LogP contribution in [-0.2, 0) is 0 Å². The zero-order valence-electron chi connectivity index (χ0n) is 7.89. The topological polar surface area (TPSA) is 3.24 Å². The molecular weight excluding hydrogens is 205 g/mol. The average Bonchev–Trinajstić information content (AvgIpc) is 2.64. The predicted molar refractivity (Wildman–Crippen MR) is 57.4 cm³/mol. The van der Waals surface area contributed by atoms with Gasteiger partial charge in [0.15, 0.2) is 0 Å². The van der Waals surface area contributed by atoms with Crippen LogP contribution in [0.3, 0.4) is 0 Å². The van der Waals surface area contributed by atoms with E-state index in [1.165, 1.54) is 18.5 Å². The number of hydrogen-bond acceptors (Lipinski definition) is 1. The second-order valence-electron chi connectivity index (χ2n) is 4.22. The molecule has 1 fully saturated rings. The van der Waals surface area contributed by atoms with E-state index < -0.39 is 4.33 Å². The molecule has 1 nitrogen and oxygen atoms in total. The summed E-state index contributed by atoms with van der Waals surface area (Å²) in [4.78, 5) is 2.43. The minimum atomic E-state index is -0.407. The van der Waals surface area contributed by atoms with E-state index in [0.717, 1.165) is 19.5 Å². The number of alkyl halides is 2. The third-order valence-corrected chi connectivity index (χ3v) is 3.88. The van der Waals surface area contributed by atoms with Gasteiger partial charge in [-0.15, -0.1) is 23.2 Å². The Morgan fingerprint density at radius 3 is 2.77 bits per heavy atom. The molecule has 0 aromatic rings. The lowest BCUT2D eigenvalue weighted by molar-refractivity contribution is 0.281. The van der Waals surface area contributed by atoms with E-state index in [1.54, 1.807) is 0 Å². The van der Waals surface area contributed by atoms with E-state index >= 15 is 0 Å². The molecule has 0 bridgehead atoms. The van der Waals surface area contributed by atoms with Gasteiger partial charge in [0, 0.05) is 25.6 Å². The first-order valence-electron chi connectivity index (χ1n) is 4.84. The number of rotatable bonds is 2. The monoisotopic (exact) mass is 219 g/mol. The van der Waals surface area contributed by atoms with Crippen LogP contribution in [0.25, 0.3) is 0 Å². The molecule has 0 amide bonds. The van der Waals surface area contributed by atoms with Crippen LogP contribution in [0.4, 0.5) is 0 Å². The highest BCUT2D eigenvalue weighted by atomic mass is 35.5. The zero-order valence-corrected chi connectivity index (χ0v) is 9.41. The van der Waals surface area contributed by atoms with E-state index in [4.69, 9.17) is 23.2 Å². The summed E-state index contributed by atoms with van der Waals surface area (Å²) in [5.41, 5.74) is 1.51. The molecule has 0 radical (unpaired) electrons. The maximum Gasteiger partial charge on any atom is 0.122 e. The molecule has 13 heavy (non-hydrogen) atoms. The summed E-state index contributed by atoms with van der Waals surface area (Å²) in [6.07, 6.45) is 4.47. The van der Waals surface area contributed by atoms with Crippen molar-refractivity contribution >= 4 is 23.2 Å². The van der Waals surface area contributed by atoms with Crippen molar-refractivity contribution in [3.8, 4) is 0 Å². The molecule has 0 aromatic heterocycles. The lowest BCUT2D eigenvalue weighted by atomic mass is 10.1. The van der Waals surface area contributed by atoms with Crippen LogP contribution in [-0.4, -0.2) is 28.9 Å². The molecule has 1 unspecified atom stereocenters. The van der Waals surface area contributed by atoms with Crippen molar-refractivity contribution in [2.75, 3.05) is 19.6 Å². The van der Waals surface area contributed by atoms with Crippen molar-refractivity contribution in [2.24, 2.45) is 5.92 Å². The van der Waals surface area contributed by atoms with Crippen molar-refractivity contribution < 1.29 is 0 Å². The first-order valence-corrected chi connectivity index (χ1v) is 5.59. The molecule has 74 valence electrons. The number of hydrogen-bond donors (Lipinski definition) is 0.